The van der Waals surface area contributed by atoms with Crippen molar-refractivity contribution in [2.45, 2.75) is 51.5 Å². The lowest BCUT2D eigenvalue weighted by Gasteiger charge is -2.31. The lowest BCUT2D eigenvalue weighted by atomic mass is 10.0. The van der Waals surface area contributed by atoms with E-state index in [0.29, 0.717) is 17.4 Å². The summed E-state index contributed by atoms with van der Waals surface area (Å²) in [5.74, 6) is 0.430. The summed E-state index contributed by atoms with van der Waals surface area (Å²) in [6.45, 7) is 10.8. The van der Waals surface area contributed by atoms with Gasteiger partial charge in [0.2, 0.25) is 10.0 Å². The van der Waals surface area contributed by atoms with E-state index in [4.69, 9.17) is 0 Å². The first-order chi connectivity index (χ1) is 10.3. The standard InChI is InChI=1S/C17H28N2O2S/c1-13(2)16(19-9-5-6-10-19)12-18-22(20,21)17-8-7-14(3)11-15(17)4/h7-8,11,13,16,18H,5-6,9-10,12H2,1-4H3. The number of aryl methyl sites for hydroxylation is 2. The summed E-state index contributed by atoms with van der Waals surface area (Å²) in [5.41, 5.74) is 1.88. The number of benzene rings is 1. The number of nitrogens with zero attached hydrogens (tertiary/aromatic N) is 1. The highest BCUT2D eigenvalue weighted by molar-refractivity contribution is 7.89. The molecule has 0 saturated carbocycles. The highest BCUT2D eigenvalue weighted by Gasteiger charge is 2.26. The van der Waals surface area contributed by atoms with Crippen molar-refractivity contribution in [3.8, 4) is 0 Å². The monoisotopic (exact) mass is 324 g/mol. The number of sulfonamides is 1. The smallest absolute Gasteiger partial charge is 0.240 e. The Morgan fingerprint density at radius 2 is 1.82 bits per heavy atom. The molecule has 1 heterocycles. The summed E-state index contributed by atoms with van der Waals surface area (Å²) < 4.78 is 28.0. The predicted molar refractivity (Wildman–Crippen MR) is 90.5 cm³/mol. The van der Waals surface area contributed by atoms with Gasteiger partial charge in [-0.2, -0.15) is 0 Å². The molecule has 1 atom stereocenters. The van der Waals surface area contributed by atoms with Crippen LogP contribution >= 0.6 is 0 Å². The Kier molecular flexibility index (Phi) is 5.64. The van der Waals surface area contributed by atoms with E-state index < -0.39 is 10.0 Å². The maximum Gasteiger partial charge on any atom is 0.240 e. The molecule has 124 valence electrons. The Balaban J connectivity index is 2.10. The summed E-state index contributed by atoms with van der Waals surface area (Å²) in [5, 5.41) is 0. The van der Waals surface area contributed by atoms with E-state index in [1.165, 1.54) is 12.8 Å². The molecule has 0 amide bonds. The van der Waals surface area contributed by atoms with Crippen molar-refractivity contribution in [2.75, 3.05) is 19.6 Å². The van der Waals surface area contributed by atoms with Crippen molar-refractivity contribution in [3.05, 3.63) is 29.3 Å². The molecule has 1 N–H and O–H groups in total. The van der Waals surface area contributed by atoms with Gasteiger partial charge in [0.1, 0.15) is 0 Å². The van der Waals surface area contributed by atoms with Gasteiger partial charge in [-0.1, -0.05) is 31.5 Å². The zero-order chi connectivity index (χ0) is 16.3. The van der Waals surface area contributed by atoms with E-state index in [1.54, 1.807) is 6.07 Å². The van der Waals surface area contributed by atoms with E-state index in [1.807, 2.05) is 26.0 Å². The summed E-state index contributed by atoms with van der Waals surface area (Å²) in [7, 11) is -3.44. The fourth-order valence-corrected chi connectivity index (χ4v) is 4.51. The molecule has 0 bridgehead atoms. The average Bonchev–Trinajstić information content (AvgIpc) is 2.91. The molecule has 5 heteroatoms. The first-order valence-electron chi connectivity index (χ1n) is 8.12. The van der Waals surface area contributed by atoms with E-state index in [9.17, 15) is 8.42 Å². The first kappa shape index (κ1) is 17.4. The minimum absolute atomic E-state index is 0.267. The third kappa shape index (κ3) is 4.09. The lowest BCUT2D eigenvalue weighted by Crippen LogP contribution is -2.45. The van der Waals surface area contributed by atoms with E-state index in [-0.39, 0.29) is 6.04 Å². The molecule has 0 aliphatic carbocycles. The Hall–Kier alpha value is -0.910. The minimum atomic E-state index is -3.44. The van der Waals surface area contributed by atoms with Gasteiger partial charge >= 0.3 is 0 Å². The van der Waals surface area contributed by atoms with Gasteiger partial charge in [0.05, 0.1) is 4.90 Å². The highest BCUT2D eigenvalue weighted by atomic mass is 32.2. The highest BCUT2D eigenvalue weighted by Crippen LogP contribution is 2.19. The van der Waals surface area contributed by atoms with Gasteiger partial charge in [-0.05, 0) is 57.3 Å². The van der Waals surface area contributed by atoms with Crippen LogP contribution < -0.4 is 4.72 Å². The average molecular weight is 324 g/mol. The lowest BCUT2D eigenvalue weighted by molar-refractivity contribution is 0.193. The molecule has 22 heavy (non-hydrogen) atoms. The topological polar surface area (TPSA) is 49.4 Å². The maximum atomic E-state index is 12.6. The molecule has 1 saturated heterocycles. The number of nitrogens with one attached hydrogen (secondary N) is 1. The first-order valence-corrected chi connectivity index (χ1v) is 9.60. The van der Waals surface area contributed by atoms with Gasteiger partial charge in [0.25, 0.3) is 0 Å². The van der Waals surface area contributed by atoms with E-state index >= 15 is 0 Å². The van der Waals surface area contributed by atoms with Gasteiger partial charge in [0, 0.05) is 12.6 Å². The molecule has 0 aromatic heterocycles. The quantitative estimate of drug-likeness (QED) is 0.875. The van der Waals surface area contributed by atoms with Gasteiger partial charge in [-0.3, -0.25) is 4.90 Å². The van der Waals surface area contributed by atoms with E-state index in [0.717, 1.165) is 24.2 Å². The predicted octanol–water partition coefficient (Wildman–Crippen LogP) is 2.70. The zero-order valence-corrected chi connectivity index (χ0v) is 14.9. The molecule has 1 aliphatic rings. The van der Waals surface area contributed by atoms with Gasteiger partial charge in [-0.25, -0.2) is 13.1 Å². The molecule has 1 aromatic carbocycles. The summed E-state index contributed by atoms with van der Waals surface area (Å²) in [4.78, 5) is 2.80. The molecule has 1 aliphatic heterocycles. The number of likely N-dealkylation sites (tertiary alicyclic amines) is 1. The largest absolute Gasteiger partial charge is 0.299 e. The van der Waals surface area contributed by atoms with Crippen molar-refractivity contribution in [2.24, 2.45) is 5.92 Å². The van der Waals surface area contributed by atoms with Crippen LogP contribution in [0.5, 0.6) is 0 Å². The van der Waals surface area contributed by atoms with Crippen LogP contribution in [0, 0.1) is 19.8 Å². The van der Waals surface area contributed by atoms with Crippen LogP contribution in [0.1, 0.15) is 37.8 Å². The second kappa shape index (κ2) is 7.11. The SMILES string of the molecule is Cc1ccc(S(=O)(=O)NCC(C(C)C)N2CCCC2)c(C)c1. The Labute approximate surface area is 135 Å². The van der Waals surface area contributed by atoms with E-state index in [2.05, 4.69) is 23.5 Å². The molecular weight excluding hydrogens is 296 g/mol. The van der Waals surface area contributed by atoms with Crippen molar-refractivity contribution in [1.82, 2.24) is 9.62 Å². The zero-order valence-electron chi connectivity index (χ0n) is 14.1. The van der Waals surface area contributed by atoms with Gasteiger partial charge in [0.15, 0.2) is 0 Å². The second-order valence-electron chi connectivity index (χ2n) is 6.68. The third-order valence-electron chi connectivity index (χ3n) is 4.48. The normalized spacial score (nSPS) is 18.0. The van der Waals surface area contributed by atoms with Crippen molar-refractivity contribution >= 4 is 10.0 Å². The number of hydrogen-bond donors (Lipinski definition) is 1. The van der Waals surface area contributed by atoms with Crippen LogP contribution in [0.4, 0.5) is 0 Å². The van der Waals surface area contributed by atoms with Crippen molar-refractivity contribution < 1.29 is 8.42 Å². The molecule has 1 unspecified atom stereocenters. The molecule has 4 nitrogen and oxygen atoms in total. The Morgan fingerprint density at radius 3 is 2.36 bits per heavy atom. The van der Waals surface area contributed by atoms with Gasteiger partial charge < -0.3 is 0 Å². The second-order valence-corrected chi connectivity index (χ2v) is 8.41. The third-order valence-corrected chi connectivity index (χ3v) is 6.07. The van der Waals surface area contributed by atoms with Crippen LogP contribution in [0.25, 0.3) is 0 Å². The van der Waals surface area contributed by atoms with Crippen molar-refractivity contribution in [1.29, 1.82) is 0 Å². The molecule has 2 rings (SSSR count). The van der Waals surface area contributed by atoms with Crippen LogP contribution in [0.15, 0.2) is 23.1 Å². The number of rotatable bonds is 6. The number of hydrogen-bond acceptors (Lipinski definition) is 3. The van der Waals surface area contributed by atoms with Crippen LogP contribution in [0.3, 0.4) is 0 Å². The fraction of sp³-hybridized carbons (Fsp3) is 0.647. The molecule has 0 radical (unpaired) electrons. The Bertz CT molecular complexity index is 605. The van der Waals surface area contributed by atoms with Gasteiger partial charge in [-0.15, -0.1) is 0 Å². The molecular formula is C17H28N2O2S. The van der Waals surface area contributed by atoms with Crippen molar-refractivity contribution in [3.63, 3.8) is 0 Å². The fourth-order valence-electron chi connectivity index (χ4n) is 3.23. The van der Waals surface area contributed by atoms with Crippen LogP contribution in [-0.2, 0) is 10.0 Å². The minimum Gasteiger partial charge on any atom is -0.299 e. The summed E-state index contributed by atoms with van der Waals surface area (Å²) in [6, 6.07) is 5.73. The molecule has 0 spiro atoms. The maximum absolute atomic E-state index is 12.6. The summed E-state index contributed by atoms with van der Waals surface area (Å²) >= 11 is 0. The van der Waals surface area contributed by atoms with Crippen LogP contribution in [0.2, 0.25) is 0 Å². The summed E-state index contributed by atoms with van der Waals surface area (Å²) in [6.07, 6.45) is 2.43. The van der Waals surface area contributed by atoms with Crippen LogP contribution in [-0.4, -0.2) is 39.0 Å². The molecule has 1 aromatic rings. The molecule has 1 fully saturated rings. The Morgan fingerprint density at radius 1 is 1.18 bits per heavy atom.